The maximum atomic E-state index is 12.2. The van der Waals surface area contributed by atoms with E-state index in [1.165, 1.54) is 45.2 Å². The minimum absolute atomic E-state index is 0.147. The van der Waals surface area contributed by atoms with Crippen LogP contribution in [0.3, 0.4) is 0 Å². The molecular weight excluding hydrogens is 212 g/mol. The molecule has 2 rings (SSSR count). The summed E-state index contributed by atoms with van der Waals surface area (Å²) in [5.74, 6) is 0.503. The molecule has 98 valence electrons. The number of hydrogen-bond acceptors (Lipinski definition) is 2. The molecule has 17 heavy (non-hydrogen) atoms. The smallest absolute Gasteiger partial charge is 0.225 e. The topological polar surface area (TPSA) is 23.6 Å². The average Bonchev–Trinajstić information content (AvgIpc) is 2.81. The van der Waals surface area contributed by atoms with Gasteiger partial charge in [0.1, 0.15) is 0 Å². The summed E-state index contributed by atoms with van der Waals surface area (Å²) in [7, 11) is 0. The van der Waals surface area contributed by atoms with Crippen molar-refractivity contribution in [1.29, 1.82) is 0 Å². The summed E-state index contributed by atoms with van der Waals surface area (Å²) in [4.78, 5) is 16.9. The number of rotatable bonds is 3. The molecule has 1 amide bonds. The summed E-state index contributed by atoms with van der Waals surface area (Å²) < 4.78 is 0. The van der Waals surface area contributed by atoms with Crippen molar-refractivity contribution in [3.63, 3.8) is 0 Å². The predicted octanol–water partition coefficient (Wildman–Crippen LogP) is 2.12. The van der Waals surface area contributed by atoms with E-state index in [-0.39, 0.29) is 5.92 Å². The number of likely N-dealkylation sites (tertiary alicyclic amines) is 2. The lowest BCUT2D eigenvalue weighted by Gasteiger charge is -2.38. The van der Waals surface area contributed by atoms with E-state index in [0.29, 0.717) is 11.9 Å². The molecule has 0 aromatic heterocycles. The van der Waals surface area contributed by atoms with Gasteiger partial charge in [0.15, 0.2) is 0 Å². The van der Waals surface area contributed by atoms with Gasteiger partial charge in [0.2, 0.25) is 5.91 Å². The van der Waals surface area contributed by atoms with E-state index in [9.17, 15) is 4.79 Å². The van der Waals surface area contributed by atoms with Crippen LogP contribution in [0.5, 0.6) is 0 Å². The molecule has 0 aromatic rings. The van der Waals surface area contributed by atoms with Crippen LogP contribution in [0.2, 0.25) is 0 Å². The molecule has 0 N–H and O–H groups in total. The zero-order chi connectivity index (χ0) is 12.3. The maximum absolute atomic E-state index is 12.2. The highest BCUT2D eigenvalue weighted by Crippen LogP contribution is 2.21. The maximum Gasteiger partial charge on any atom is 0.225 e. The Hall–Kier alpha value is -0.570. The molecule has 3 heteroatoms. The number of carbonyl (C=O) groups excluding carboxylic acids is 1. The van der Waals surface area contributed by atoms with Crippen molar-refractivity contribution >= 4 is 5.91 Å². The highest BCUT2D eigenvalue weighted by Gasteiger charge is 2.29. The van der Waals surface area contributed by atoms with Crippen LogP contribution in [0.25, 0.3) is 0 Å². The molecule has 3 nitrogen and oxygen atoms in total. The first-order chi connectivity index (χ1) is 8.18. The van der Waals surface area contributed by atoms with Crippen molar-refractivity contribution < 1.29 is 4.79 Å². The summed E-state index contributed by atoms with van der Waals surface area (Å²) >= 11 is 0. The SMILES string of the molecule is CC(C)C(=O)N1CCCC[C@H]1CN1CCCC1. The molecule has 0 spiro atoms. The van der Waals surface area contributed by atoms with Crippen LogP contribution < -0.4 is 0 Å². The lowest BCUT2D eigenvalue weighted by Crippen LogP contribution is -2.50. The van der Waals surface area contributed by atoms with Gasteiger partial charge in [0.05, 0.1) is 0 Å². The predicted molar refractivity (Wildman–Crippen MR) is 69.9 cm³/mol. The van der Waals surface area contributed by atoms with Crippen LogP contribution in [0.15, 0.2) is 0 Å². The Morgan fingerprint density at radius 3 is 2.41 bits per heavy atom. The van der Waals surface area contributed by atoms with E-state index in [2.05, 4.69) is 9.80 Å². The van der Waals surface area contributed by atoms with Crippen LogP contribution in [0.4, 0.5) is 0 Å². The minimum Gasteiger partial charge on any atom is -0.338 e. The minimum atomic E-state index is 0.147. The first kappa shape index (κ1) is 12.9. The molecule has 1 atom stereocenters. The first-order valence-corrected chi connectivity index (χ1v) is 7.21. The van der Waals surface area contributed by atoms with Crippen molar-refractivity contribution in [2.24, 2.45) is 5.92 Å². The third-order valence-corrected chi connectivity index (χ3v) is 4.07. The third kappa shape index (κ3) is 3.21. The molecule has 0 saturated carbocycles. The quantitative estimate of drug-likeness (QED) is 0.752. The van der Waals surface area contributed by atoms with Gasteiger partial charge in [-0.2, -0.15) is 0 Å². The van der Waals surface area contributed by atoms with Crippen molar-refractivity contribution in [2.75, 3.05) is 26.2 Å². The van der Waals surface area contributed by atoms with E-state index in [4.69, 9.17) is 0 Å². The second-order valence-electron chi connectivity index (χ2n) is 5.84. The van der Waals surface area contributed by atoms with Gasteiger partial charge in [0.25, 0.3) is 0 Å². The van der Waals surface area contributed by atoms with Crippen LogP contribution in [0, 0.1) is 5.92 Å². The van der Waals surface area contributed by atoms with Crippen molar-refractivity contribution in [1.82, 2.24) is 9.80 Å². The van der Waals surface area contributed by atoms with Gasteiger partial charge in [-0.15, -0.1) is 0 Å². The van der Waals surface area contributed by atoms with E-state index in [1.54, 1.807) is 0 Å². The Morgan fingerprint density at radius 2 is 1.76 bits per heavy atom. The molecule has 0 aromatic carbocycles. The van der Waals surface area contributed by atoms with Gasteiger partial charge in [-0.1, -0.05) is 13.8 Å². The van der Waals surface area contributed by atoms with E-state index in [1.807, 2.05) is 13.8 Å². The van der Waals surface area contributed by atoms with Gasteiger partial charge >= 0.3 is 0 Å². The molecule has 0 aliphatic carbocycles. The van der Waals surface area contributed by atoms with Gasteiger partial charge < -0.3 is 9.80 Å². The van der Waals surface area contributed by atoms with Crippen molar-refractivity contribution in [2.45, 2.75) is 52.0 Å². The number of piperidine rings is 1. The molecule has 2 fully saturated rings. The van der Waals surface area contributed by atoms with Crippen molar-refractivity contribution in [3.8, 4) is 0 Å². The molecule has 2 heterocycles. The molecule has 0 bridgehead atoms. The number of nitrogens with zero attached hydrogens (tertiary/aromatic N) is 2. The second kappa shape index (κ2) is 5.85. The summed E-state index contributed by atoms with van der Waals surface area (Å²) in [5.41, 5.74) is 0. The summed E-state index contributed by atoms with van der Waals surface area (Å²) in [6, 6.07) is 0.483. The zero-order valence-electron chi connectivity index (χ0n) is 11.3. The Labute approximate surface area is 105 Å². The summed E-state index contributed by atoms with van der Waals surface area (Å²) in [6.45, 7) is 8.60. The normalized spacial score (nSPS) is 26.8. The van der Waals surface area contributed by atoms with Gasteiger partial charge in [-0.05, 0) is 45.2 Å². The van der Waals surface area contributed by atoms with E-state index >= 15 is 0 Å². The number of carbonyl (C=O) groups is 1. The van der Waals surface area contributed by atoms with Gasteiger partial charge in [-0.25, -0.2) is 0 Å². The Morgan fingerprint density at radius 1 is 1.12 bits per heavy atom. The first-order valence-electron chi connectivity index (χ1n) is 7.21. The zero-order valence-corrected chi connectivity index (χ0v) is 11.3. The molecule has 2 aliphatic rings. The second-order valence-corrected chi connectivity index (χ2v) is 5.84. The number of amides is 1. The molecule has 0 unspecified atom stereocenters. The van der Waals surface area contributed by atoms with Crippen LogP contribution in [-0.2, 0) is 4.79 Å². The standard InChI is InChI=1S/C14H26N2O/c1-12(2)14(17)16-10-4-3-7-13(16)11-15-8-5-6-9-15/h12-13H,3-11H2,1-2H3/t13-/m0/s1. The van der Waals surface area contributed by atoms with Gasteiger partial charge in [0, 0.05) is 25.0 Å². The largest absolute Gasteiger partial charge is 0.338 e. The molecule has 2 aliphatic heterocycles. The Bertz CT molecular complexity index is 259. The van der Waals surface area contributed by atoms with Crippen LogP contribution >= 0.6 is 0 Å². The monoisotopic (exact) mass is 238 g/mol. The van der Waals surface area contributed by atoms with Crippen molar-refractivity contribution in [3.05, 3.63) is 0 Å². The fraction of sp³-hybridized carbons (Fsp3) is 0.929. The van der Waals surface area contributed by atoms with Crippen LogP contribution in [0.1, 0.15) is 46.0 Å². The van der Waals surface area contributed by atoms with E-state index < -0.39 is 0 Å². The fourth-order valence-electron chi connectivity index (χ4n) is 3.08. The highest BCUT2D eigenvalue weighted by atomic mass is 16.2. The van der Waals surface area contributed by atoms with Gasteiger partial charge in [-0.3, -0.25) is 4.79 Å². The molecule has 2 saturated heterocycles. The molecule has 0 radical (unpaired) electrons. The Balaban J connectivity index is 1.93. The lowest BCUT2D eigenvalue weighted by molar-refractivity contribution is -0.138. The fourth-order valence-corrected chi connectivity index (χ4v) is 3.08. The highest BCUT2D eigenvalue weighted by molar-refractivity contribution is 5.78. The number of hydrogen-bond donors (Lipinski definition) is 0. The summed E-state index contributed by atoms with van der Waals surface area (Å²) in [5, 5.41) is 0. The average molecular weight is 238 g/mol. The lowest BCUT2D eigenvalue weighted by atomic mass is 9.99. The molecular formula is C14H26N2O. The third-order valence-electron chi connectivity index (χ3n) is 4.07. The van der Waals surface area contributed by atoms with E-state index in [0.717, 1.165) is 13.1 Å². The van der Waals surface area contributed by atoms with Crippen LogP contribution in [-0.4, -0.2) is 47.9 Å². The Kier molecular flexibility index (Phi) is 4.43. The summed E-state index contributed by atoms with van der Waals surface area (Å²) in [6.07, 6.45) is 6.36.